The monoisotopic (exact) mass is 339 g/mol. The van der Waals surface area contributed by atoms with E-state index in [4.69, 9.17) is 14.6 Å². The molecule has 0 aromatic heterocycles. The van der Waals surface area contributed by atoms with Gasteiger partial charge in [-0.25, -0.2) is 9.59 Å². The van der Waals surface area contributed by atoms with Crippen molar-refractivity contribution < 1.29 is 34.1 Å². The molecule has 0 bridgehead atoms. The molecule has 0 aliphatic heterocycles. The molecule has 8 nitrogen and oxygen atoms in total. The van der Waals surface area contributed by atoms with E-state index in [1.807, 2.05) is 0 Å². The van der Waals surface area contributed by atoms with Gasteiger partial charge in [-0.3, -0.25) is 4.79 Å². The minimum atomic E-state index is -1.10. The fourth-order valence-corrected chi connectivity index (χ4v) is 1.80. The largest absolute Gasteiger partial charge is 0.462 e. The van der Waals surface area contributed by atoms with E-state index in [-0.39, 0.29) is 36.4 Å². The molecule has 1 unspecified atom stereocenters. The predicted octanol–water partition coefficient (Wildman–Crippen LogP) is 0.123. The molecule has 8 heteroatoms. The Hall–Kier alpha value is -2.45. The molecule has 0 radical (unpaired) electrons. The second-order valence-electron chi connectivity index (χ2n) is 4.79. The average Bonchev–Trinajstić information content (AvgIpc) is 2.59. The lowest BCUT2D eigenvalue weighted by Gasteiger charge is -2.11. The van der Waals surface area contributed by atoms with Crippen molar-refractivity contribution in [2.45, 2.75) is 20.0 Å². The Bertz CT molecular complexity index is 564. The zero-order valence-electron chi connectivity index (χ0n) is 13.6. The highest BCUT2D eigenvalue weighted by atomic mass is 16.5. The fraction of sp³-hybridized carbons (Fsp3) is 0.438. The summed E-state index contributed by atoms with van der Waals surface area (Å²) in [6, 6.07) is 3.85. The van der Waals surface area contributed by atoms with Crippen molar-refractivity contribution in [1.82, 2.24) is 5.32 Å². The fourth-order valence-electron chi connectivity index (χ4n) is 1.80. The van der Waals surface area contributed by atoms with Crippen molar-refractivity contribution in [3.63, 3.8) is 0 Å². The van der Waals surface area contributed by atoms with Gasteiger partial charge in [0.05, 0.1) is 37.1 Å². The Morgan fingerprint density at radius 1 is 1.00 bits per heavy atom. The minimum Gasteiger partial charge on any atom is -0.462 e. The number of amides is 1. The minimum absolute atomic E-state index is 0.0359. The van der Waals surface area contributed by atoms with Crippen molar-refractivity contribution in [2.24, 2.45) is 0 Å². The van der Waals surface area contributed by atoms with Crippen LogP contribution in [0.4, 0.5) is 0 Å². The topological polar surface area (TPSA) is 122 Å². The van der Waals surface area contributed by atoms with E-state index in [1.165, 1.54) is 18.2 Å². The molecule has 24 heavy (non-hydrogen) atoms. The van der Waals surface area contributed by atoms with Crippen molar-refractivity contribution in [1.29, 1.82) is 0 Å². The van der Waals surface area contributed by atoms with Crippen LogP contribution in [-0.4, -0.2) is 60.5 Å². The highest BCUT2D eigenvalue weighted by molar-refractivity contribution is 6.02. The van der Waals surface area contributed by atoms with Gasteiger partial charge in [0, 0.05) is 12.1 Å². The number of ether oxygens (including phenoxy) is 2. The summed E-state index contributed by atoms with van der Waals surface area (Å²) < 4.78 is 9.75. The molecule has 1 rings (SSSR count). The molecule has 3 N–H and O–H groups in total. The third-order valence-corrected chi connectivity index (χ3v) is 2.93. The molecular formula is C16H21NO7. The first-order chi connectivity index (χ1) is 11.4. The molecule has 0 aliphatic rings. The third kappa shape index (κ3) is 5.64. The summed E-state index contributed by atoms with van der Waals surface area (Å²) in [5.41, 5.74) is 0.110. The van der Waals surface area contributed by atoms with Crippen molar-refractivity contribution in [2.75, 3.05) is 26.4 Å². The van der Waals surface area contributed by atoms with Gasteiger partial charge in [-0.05, 0) is 32.0 Å². The average molecular weight is 339 g/mol. The number of carbonyl (C=O) groups is 3. The molecule has 1 aromatic carbocycles. The number of rotatable bonds is 8. The lowest BCUT2D eigenvalue weighted by Crippen LogP contribution is -2.34. The van der Waals surface area contributed by atoms with Crippen LogP contribution in [0.2, 0.25) is 0 Å². The molecule has 0 spiro atoms. The lowest BCUT2D eigenvalue weighted by molar-refractivity contribution is 0.0525. The Morgan fingerprint density at radius 2 is 1.46 bits per heavy atom. The number of benzene rings is 1. The first-order valence-electron chi connectivity index (χ1n) is 7.49. The number of esters is 2. The van der Waals surface area contributed by atoms with E-state index < -0.39 is 30.6 Å². The van der Waals surface area contributed by atoms with E-state index in [0.29, 0.717) is 0 Å². The normalized spacial score (nSPS) is 11.5. The number of hydrogen-bond acceptors (Lipinski definition) is 7. The van der Waals surface area contributed by atoms with Gasteiger partial charge in [-0.1, -0.05) is 0 Å². The lowest BCUT2D eigenvalue weighted by atomic mass is 10.0. The molecule has 0 saturated heterocycles. The van der Waals surface area contributed by atoms with Gasteiger partial charge in [-0.2, -0.15) is 0 Å². The number of carbonyl (C=O) groups excluding carboxylic acids is 3. The maximum atomic E-state index is 12.1. The van der Waals surface area contributed by atoms with Gasteiger partial charge in [0.1, 0.15) is 0 Å². The van der Waals surface area contributed by atoms with Crippen LogP contribution in [0.3, 0.4) is 0 Å². The number of hydrogen-bond donors (Lipinski definition) is 3. The van der Waals surface area contributed by atoms with E-state index in [2.05, 4.69) is 5.32 Å². The summed E-state index contributed by atoms with van der Waals surface area (Å²) in [5, 5.41) is 20.4. The Morgan fingerprint density at radius 3 is 1.88 bits per heavy atom. The molecule has 0 aliphatic carbocycles. The Kier molecular flexibility index (Phi) is 7.87. The summed E-state index contributed by atoms with van der Waals surface area (Å²) in [6.07, 6.45) is -1.10. The Labute approximate surface area is 139 Å². The highest BCUT2D eigenvalue weighted by Crippen LogP contribution is 2.13. The van der Waals surface area contributed by atoms with Crippen molar-refractivity contribution in [3.05, 3.63) is 34.9 Å². The molecule has 0 fully saturated rings. The number of aliphatic hydroxyl groups is 2. The third-order valence-electron chi connectivity index (χ3n) is 2.93. The predicted molar refractivity (Wildman–Crippen MR) is 83.8 cm³/mol. The van der Waals surface area contributed by atoms with Gasteiger partial charge in [0.15, 0.2) is 0 Å². The quantitative estimate of drug-likeness (QED) is 0.575. The van der Waals surface area contributed by atoms with Crippen molar-refractivity contribution in [3.8, 4) is 0 Å². The second kappa shape index (κ2) is 9.64. The van der Waals surface area contributed by atoms with Crippen LogP contribution >= 0.6 is 0 Å². The van der Waals surface area contributed by atoms with E-state index in [0.717, 1.165) is 0 Å². The number of nitrogens with one attached hydrogen (secondary N) is 1. The molecule has 1 aromatic rings. The van der Waals surface area contributed by atoms with Crippen LogP contribution in [0.1, 0.15) is 44.9 Å². The molecule has 1 amide bonds. The van der Waals surface area contributed by atoms with Crippen molar-refractivity contribution >= 4 is 17.8 Å². The second-order valence-corrected chi connectivity index (χ2v) is 4.79. The Balaban J connectivity index is 3.10. The highest BCUT2D eigenvalue weighted by Gasteiger charge is 2.18. The molecule has 0 saturated carbocycles. The summed E-state index contributed by atoms with van der Waals surface area (Å²) in [5.74, 6) is -1.96. The van der Waals surface area contributed by atoms with Gasteiger partial charge in [-0.15, -0.1) is 0 Å². The summed E-state index contributed by atoms with van der Waals surface area (Å²) >= 11 is 0. The maximum absolute atomic E-state index is 12.1. The molecule has 1 atom stereocenters. The van der Waals surface area contributed by atoms with Crippen LogP contribution in [0.25, 0.3) is 0 Å². The SMILES string of the molecule is CCOC(=O)c1cc(C(=O)NCC(O)CO)cc(C(=O)OCC)c1. The molecule has 0 heterocycles. The van der Waals surface area contributed by atoms with E-state index in [1.54, 1.807) is 13.8 Å². The summed E-state index contributed by atoms with van der Waals surface area (Å²) in [7, 11) is 0. The smallest absolute Gasteiger partial charge is 0.338 e. The number of aliphatic hydroxyl groups excluding tert-OH is 2. The zero-order chi connectivity index (χ0) is 18.1. The van der Waals surface area contributed by atoms with E-state index in [9.17, 15) is 19.5 Å². The van der Waals surface area contributed by atoms with Crippen LogP contribution in [-0.2, 0) is 9.47 Å². The van der Waals surface area contributed by atoms with Crippen LogP contribution < -0.4 is 5.32 Å². The summed E-state index contributed by atoms with van der Waals surface area (Å²) in [4.78, 5) is 35.9. The summed E-state index contributed by atoms with van der Waals surface area (Å²) in [6.45, 7) is 2.89. The van der Waals surface area contributed by atoms with Gasteiger partial charge < -0.3 is 25.0 Å². The molecular weight excluding hydrogens is 318 g/mol. The first-order valence-corrected chi connectivity index (χ1v) is 7.49. The zero-order valence-corrected chi connectivity index (χ0v) is 13.6. The maximum Gasteiger partial charge on any atom is 0.338 e. The molecule has 132 valence electrons. The van der Waals surface area contributed by atoms with Crippen LogP contribution in [0.15, 0.2) is 18.2 Å². The van der Waals surface area contributed by atoms with Crippen LogP contribution in [0, 0.1) is 0 Å². The van der Waals surface area contributed by atoms with Crippen LogP contribution in [0.5, 0.6) is 0 Å². The first kappa shape index (κ1) is 19.6. The van der Waals surface area contributed by atoms with E-state index >= 15 is 0 Å². The van der Waals surface area contributed by atoms with Gasteiger partial charge in [0.25, 0.3) is 5.91 Å². The standard InChI is InChI=1S/C16H21NO7/c1-3-23-15(21)11-5-10(14(20)17-8-13(19)9-18)6-12(7-11)16(22)24-4-2/h5-7,13,18-19H,3-4,8-9H2,1-2H3,(H,17,20). The van der Waals surface area contributed by atoms with Gasteiger partial charge in [0.2, 0.25) is 0 Å². The van der Waals surface area contributed by atoms with Gasteiger partial charge >= 0.3 is 11.9 Å².